The highest BCUT2D eigenvalue weighted by Crippen LogP contribution is 2.21. The van der Waals surface area contributed by atoms with E-state index in [0.29, 0.717) is 5.70 Å². The molecule has 0 saturated carbocycles. The lowest BCUT2D eigenvalue weighted by atomic mass is 10.1. The van der Waals surface area contributed by atoms with E-state index in [1.807, 2.05) is 57.3 Å². The van der Waals surface area contributed by atoms with E-state index in [1.165, 1.54) is 0 Å². The first-order valence-corrected chi connectivity index (χ1v) is 8.74. The topological polar surface area (TPSA) is 82.2 Å². The van der Waals surface area contributed by atoms with E-state index >= 15 is 0 Å². The molecule has 0 aliphatic carbocycles. The van der Waals surface area contributed by atoms with Gasteiger partial charge in [0, 0.05) is 16.4 Å². The number of halogens is 2. The summed E-state index contributed by atoms with van der Waals surface area (Å²) in [5.74, 6) is 0.656. The molecule has 1 atom stereocenters. The predicted octanol–water partition coefficient (Wildman–Crippen LogP) is 4.53. The van der Waals surface area contributed by atoms with Crippen molar-refractivity contribution in [1.29, 1.82) is 0 Å². The summed E-state index contributed by atoms with van der Waals surface area (Å²) in [4.78, 5) is 0. The summed E-state index contributed by atoms with van der Waals surface area (Å²) >= 11 is 8.99. The van der Waals surface area contributed by atoms with Crippen LogP contribution < -0.4 is 11.5 Å². The van der Waals surface area contributed by atoms with Gasteiger partial charge < -0.3 is 11.5 Å². The monoisotopic (exact) mass is 401 g/mol. The summed E-state index contributed by atoms with van der Waals surface area (Å²) in [5.41, 5.74) is 12.7. The van der Waals surface area contributed by atoms with Crippen LogP contribution in [0.15, 0.2) is 45.8 Å². The van der Waals surface area contributed by atoms with Crippen LogP contribution in [0, 0.1) is 0 Å². The van der Waals surface area contributed by atoms with E-state index in [0.717, 1.165) is 15.9 Å². The molecule has 128 valence electrons. The van der Waals surface area contributed by atoms with Gasteiger partial charge >= 0.3 is 0 Å². The van der Waals surface area contributed by atoms with Gasteiger partial charge in [-0.25, -0.2) is 0 Å². The molecule has 0 aliphatic heterocycles. The lowest BCUT2D eigenvalue weighted by Crippen LogP contribution is -2.10. The summed E-state index contributed by atoms with van der Waals surface area (Å²) in [6, 6.07) is 3.79. The Morgan fingerprint density at radius 1 is 1.17 bits per heavy atom. The van der Waals surface area contributed by atoms with Crippen molar-refractivity contribution >= 4 is 33.2 Å². The summed E-state index contributed by atoms with van der Waals surface area (Å²) < 4.78 is 2.84. The van der Waals surface area contributed by atoms with Crippen LogP contribution in [-0.4, -0.2) is 14.6 Å². The third kappa shape index (κ3) is 6.23. The largest absolute Gasteiger partial charge is 0.401 e. The quantitative estimate of drug-likeness (QED) is 0.583. The number of rotatable bonds is 3. The SMILES string of the molecule is CC.CC.CC(/C(N)=C/C=C(\N)Cl)c1nnc2ccc(Br)cn12. The van der Waals surface area contributed by atoms with Crippen LogP contribution in [0.4, 0.5) is 0 Å². The number of nitrogens with zero attached hydrogens (tertiary/aromatic N) is 3. The molecule has 2 aromatic rings. The first-order valence-electron chi connectivity index (χ1n) is 7.57. The molecule has 5 nitrogen and oxygen atoms in total. The molecular formula is C16H25BrClN5. The van der Waals surface area contributed by atoms with Crippen LogP contribution in [-0.2, 0) is 0 Å². The normalized spacial score (nSPS) is 12.8. The van der Waals surface area contributed by atoms with Crippen molar-refractivity contribution in [1.82, 2.24) is 14.6 Å². The van der Waals surface area contributed by atoms with Crippen molar-refractivity contribution in [3.63, 3.8) is 0 Å². The molecule has 0 aromatic carbocycles. The number of aromatic nitrogens is 3. The van der Waals surface area contributed by atoms with E-state index in [9.17, 15) is 0 Å². The fourth-order valence-corrected chi connectivity index (χ4v) is 2.05. The van der Waals surface area contributed by atoms with Crippen LogP contribution in [0.25, 0.3) is 5.65 Å². The van der Waals surface area contributed by atoms with E-state index in [1.54, 1.807) is 12.2 Å². The van der Waals surface area contributed by atoms with E-state index in [4.69, 9.17) is 23.1 Å². The Bertz CT molecular complexity index is 660. The van der Waals surface area contributed by atoms with Gasteiger partial charge in [0.2, 0.25) is 0 Å². The number of nitrogens with two attached hydrogens (primary N) is 2. The van der Waals surface area contributed by atoms with E-state index in [2.05, 4.69) is 26.1 Å². The van der Waals surface area contributed by atoms with Gasteiger partial charge in [-0.3, -0.25) is 4.40 Å². The molecule has 2 rings (SSSR count). The fourth-order valence-electron chi connectivity index (χ4n) is 1.65. The zero-order valence-corrected chi connectivity index (χ0v) is 16.6. The second-order valence-electron chi connectivity index (χ2n) is 4.07. The number of hydrogen-bond acceptors (Lipinski definition) is 4. The molecule has 0 spiro atoms. The summed E-state index contributed by atoms with van der Waals surface area (Å²) in [6.45, 7) is 9.95. The Hall–Kier alpha value is -1.53. The van der Waals surface area contributed by atoms with Crippen LogP contribution >= 0.6 is 27.5 Å². The Morgan fingerprint density at radius 2 is 1.78 bits per heavy atom. The zero-order valence-electron chi connectivity index (χ0n) is 14.2. The molecule has 7 heteroatoms. The first kappa shape index (κ1) is 21.5. The maximum atomic E-state index is 6.00. The molecule has 4 N–H and O–H groups in total. The molecule has 0 radical (unpaired) electrons. The molecule has 0 fully saturated rings. The van der Waals surface area contributed by atoms with Crippen molar-refractivity contribution < 1.29 is 0 Å². The summed E-state index contributed by atoms with van der Waals surface area (Å²) in [5, 5.41) is 8.46. The molecule has 0 aliphatic rings. The molecule has 2 heterocycles. The lowest BCUT2D eigenvalue weighted by molar-refractivity contribution is 0.772. The smallest absolute Gasteiger partial charge is 0.160 e. The molecular weight excluding hydrogens is 378 g/mol. The molecule has 0 amide bonds. The minimum absolute atomic E-state index is 0.100. The molecule has 2 aromatic heterocycles. The van der Waals surface area contributed by atoms with E-state index in [-0.39, 0.29) is 11.1 Å². The summed E-state index contributed by atoms with van der Waals surface area (Å²) in [6.07, 6.45) is 5.12. The third-order valence-corrected chi connectivity index (χ3v) is 3.31. The van der Waals surface area contributed by atoms with Gasteiger partial charge in [0.05, 0.1) is 11.1 Å². The molecule has 0 saturated heterocycles. The Labute approximate surface area is 151 Å². The standard InChI is InChI=1S/C12H13BrClN5.2C2H6/c1-7(9(15)3-4-10(14)16)12-18-17-11-5-2-8(13)6-19(11)12;2*1-2/h2-7H,15-16H2,1H3;2*1-2H3/b9-3-,10-4-;;. The predicted molar refractivity (Wildman–Crippen MR) is 102 cm³/mol. The number of fused-ring (bicyclic) bond motifs is 1. The molecule has 0 bridgehead atoms. The number of hydrogen-bond donors (Lipinski definition) is 2. The third-order valence-electron chi connectivity index (χ3n) is 2.71. The van der Waals surface area contributed by atoms with Gasteiger partial charge in [-0.15, -0.1) is 10.2 Å². The van der Waals surface area contributed by atoms with Crippen LogP contribution in [0.5, 0.6) is 0 Å². The van der Waals surface area contributed by atoms with Crippen LogP contribution in [0.2, 0.25) is 0 Å². The fraction of sp³-hybridized carbons (Fsp3) is 0.375. The van der Waals surface area contributed by atoms with Gasteiger partial charge in [-0.05, 0) is 47.1 Å². The number of allylic oxidation sites excluding steroid dienone is 3. The highest BCUT2D eigenvalue weighted by atomic mass is 79.9. The second kappa shape index (κ2) is 11.1. The van der Waals surface area contributed by atoms with Crippen molar-refractivity contribution in [3.8, 4) is 0 Å². The van der Waals surface area contributed by atoms with Crippen molar-refractivity contribution in [2.45, 2.75) is 40.5 Å². The summed E-state index contributed by atoms with van der Waals surface area (Å²) in [7, 11) is 0. The minimum Gasteiger partial charge on any atom is -0.401 e. The molecule has 23 heavy (non-hydrogen) atoms. The number of pyridine rings is 1. The maximum Gasteiger partial charge on any atom is 0.160 e. The second-order valence-corrected chi connectivity index (χ2v) is 5.43. The van der Waals surface area contributed by atoms with Gasteiger partial charge in [-0.2, -0.15) is 0 Å². The van der Waals surface area contributed by atoms with Crippen LogP contribution in [0.1, 0.15) is 46.4 Å². The van der Waals surface area contributed by atoms with Crippen molar-refractivity contribution in [2.24, 2.45) is 11.5 Å². The lowest BCUT2D eigenvalue weighted by Gasteiger charge is -2.10. The van der Waals surface area contributed by atoms with E-state index < -0.39 is 0 Å². The zero-order chi connectivity index (χ0) is 18.0. The highest BCUT2D eigenvalue weighted by Gasteiger charge is 2.15. The Morgan fingerprint density at radius 3 is 2.35 bits per heavy atom. The average Bonchev–Trinajstić information content (AvgIpc) is 2.98. The molecule has 1 unspecified atom stereocenters. The average molecular weight is 403 g/mol. The van der Waals surface area contributed by atoms with Crippen molar-refractivity contribution in [3.05, 3.63) is 51.6 Å². The highest BCUT2D eigenvalue weighted by molar-refractivity contribution is 9.10. The first-order chi connectivity index (χ1) is 11.0. The van der Waals surface area contributed by atoms with Crippen molar-refractivity contribution in [2.75, 3.05) is 0 Å². The van der Waals surface area contributed by atoms with Crippen LogP contribution in [0.3, 0.4) is 0 Å². The maximum absolute atomic E-state index is 6.00. The van der Waals surface area contributed by atoms with Gasteiger partial charge in [0.15, 0.2) is 5.65 Å². The Kier molecular flexibility index (Phi) is 10.3. The Balaban J connectivity index is 0.00000112. The van der Waals surface area contributed by atoms with Gasteiger partial charge in [0.25, 0.3) is 0 Å². The van der Waals surface area contributed by atoms with Gasteiger partial charge in [0.1, 0.15) is 5.82 Å². The minimum atomic E-state index is -0.100. The van der Waals surface area contributed by atoms with Gasteiger partial charge in [-0.1, -0.05) is 39.3 Å².